The number of hydrogen-bond acceptors (Lipinski definition) is 5. The molecule has 0 bridgehead atoms. The van der Waals surface area contributed by atoms with Crippen molar-refractivity contribution >= 4 is 33.9 Å². The molecule has 1 aromatic carbocycles. The number of rotatable bonds is 3. The van der Waals surface area contributed by atoms with Crippen LogP contribution in [0, 0.1) is 0 Å². The van der Waals surface area contributed by atoms with Gasteiger partial charge in [0.05, 0.1) is 12.7 Å². The molecule has 5 nitrogen and oxygen atoms in total. The van der Waals surface area contributed by atoms with E-state index in [1.54, 1.807) is 31.6 Å². The summed E-state index contributed by atoms with van der Waals surface area (Å²) in [7, 11) is 1.58. The summed E-state index contributed by atoms with van der Waals surface area (Å²) in [5.41, 5.74) is 1.61. The second-order valence-corrected chi connectivity index (χ2v) is 5.39. The van der Waals surface area contributed by atoms with Gasteiger partial charge in [-0.3, -0.25) is 4.98 Å². The fourth-order valence-corrected chi connectivity index (χ4v) is 2.36. The Bertz CT molecular complexity index is 799. The standard InChI is InChI=1S/C16H11BrN2O3/c1-21-14-5-3-2-4-10(14)7-13-16(20)22-15(19-13)11-6-12(17)9-18-8-11/h2-9H,1H3. The number of nitrogens with zero attached hydrogens (tertiary/aromatic N) is 2. The lowest BCUT2D eigenvalue weighted by atomic mass is 10.1. The second kappa shape index (κ2) is 6.11. The summed E-state index contributed by atoms with van der Waals surface area (Å²) in [5.74, 6) is 0.399. The number of pyridine rings is 1. The molecular weight excluding hydrogens is 348 g/mol. The van der Waals surface area contributed by atoms with Gasteiger partial charge in [-0.25, -0.2) is 9.79 Å². The van der Waals surface area contributed by atoms with Crippen molar-refractivity contribution in [3.05, 3.63) is 64.0 Å². The Morgan fingerprint density at radius 3 is 2.86 bits per heavy atom. The summed E-state index contributed by atoms with van der Waals surface area (Å²) in [4.78, 5) is 20.2. The maximum atomic E-state index is 12.0. The Labute approximate surface area is 135 Å². The summed E-state index contributed by atoms with van der Waals surface area (Å²) >= 11 is 3.32. The number of para-hydroxylation sites is 1. The summed E-state index contributed by atoms with van der Waals surface area (Å²) in [6.45, 7) is 0. The summed E-state index contributed by atoms with van der Waals surface area (Å²) in [5, 5.41) is 0. The van der Waals surface area contributed by atoms with Crippen molar-refractivity contribution in [3.63, 3.8) is 0 Å². The van der Waals surface area contributed by atoms with Gasteiger partial charge >= 0.3 is 5.97 Å². The minimum absolute atomic E-state index is 0.222. The highest BCUT2D eigenvalue weighted by Gasteiger charge is 2.24. The van der Waals surface area contributed by atoms with E-state index >= 15 is 0 Å². The maximum Gasteiger partial charge on any atom is 0.363 e. The zero-order chi connectivity index (χ0) is 15.5. The minimum atomic E-state index is -0.499. The van der Waals surface area contributed by atoms with E-state index in [1.165, 1.54) is 0 Å². The number of ether oxygens (including phenoxy) is 2. The minimum Gasteiger partial charge on any atom is -0.496 e. The predicted molar refractivity (Wildman–Crippen MR) is 85.5 cm³/mol. The zero-order valence-corrected chi connectivity index (χ0v) is 13.2. The lowest BCUT2D eigenvalue weighted by Gasteiger charge is -2.03. The van der Waals surface area contributed by atoms with Gasteiger partial charge in [0.25, 0.3) is 0 Å². The molecule has 2 aromatic rings. The summed E-state index contributed by atoms with van der Waals surface area (Å²) < 4.78 is 11.2. The van der Waals surface area contributed by atoms with Crippen LogP contribution in [0.3, 0.4) is 0 Å². The quantitative estimate of drug-likeness (QED) is 0.624. The Morgan fingerprint density at radius 1 is 1.27 bits per heavy atom. The smallest absolute Gasteiger partial charge is 0.363 e. The number of methoxy groups -OCH3 is 1. The molecule has 0 aliphatic carbocycles. The fraction of sp³-hybridized carbons (Fsp3) is 0.0625. The fourth-order valence-electron chi connectivity index (χ4n) is 1.99. The first-order valence-electron chi connectivity index (χ1n) is 6.44. The average molecular weight is 359 g/mol. The molecule has 1 aromatic heterocycles. The highest BCUT2D eigenvalue weighted by atomic mass is 79.9. The molecule has 0 amide bonds. The largest absolute Gasteiger partial charge is 0.496 e. The third-order valence-corrected chi connectivity index (χ3v) is 3.44. The van der Waals surface area contributed by atoms with Crippen LogP contribution in [0.2, 0.25) is 0 Å². The molecule has 110 valence electrons. The van der Waals surface area contributed by atoms with Crippen molar-refractivity contribution in [1.29, 1.82) is 0 Å². The molecule has 0 unspecified atom stereocenters. The molecular formula is C16H11BrN2O3. The second-order valence-electron chi connectivity index (χ2n) is 4.47. The van der Waals surface area contributed by atoms with Gasteiger partial charge in [-0.15, -0.1) is 0 Å². The first-order chi connectivity index (χ1) is 10.7. The van der Waals surface area contributed by atoms with E-state index in [4.69, 9.17) is 9.47 Å². The Morgan fingerprint density at radius 2 is 2.09 bits per heavy atom. The molecule has 1 aliphatic rings. The molecule has 0 spiro atoms. The number of cyclic esters (lactones) is 1. The molecule has 22 heavy (non-hydrogen) atoms. The molecule has 0 radical (unpaired) electrons. The molecule has 0 N–H and O–H groups in total. The Kier molecular flexibility index (Phi) is 4.02. The number of carbonyl (C=O) groups excluding carboxylic acids is 1. The van der Waals surface area contributed by atoms with Crippen molar-refractivity contribution in [2.24, 2.45) is 4.99 Å². The lowest BCUT2D eigenvalue weighted by molar-refractivity contribution is -0.129. The third-order valence-electron chi connectivity index (χ3n) is 3.00. The highest BCUT2D eigenvalue weighted by molar-refractivity contribution is 9.10. The monoisotopic (exact) mass is 358 g/mol. The van der Waals surface area contributed by atoms with E-state index in [0.29, 0.717) is 11.3 Å². The maximum absolute atomic E-state index is 12.0. The van der Waals surface area contributed by atoms with Crippen molar-refractivity contribution in [2.45, 2.75) is 0 Å². The topological polar surface area (TPSA) is 60.8 Å². The number of aromatic nitrogens is 1. The van der Waals surface area contributed by atoms with E-state index in [-0.39, 0.29) is 11.6 Å². The summed E-state index contributed by atoms with van der Waals surface area (Å²) in [6, 6.07) is 9.15. The molecule has 1 aliphatic heterocycles. The van der Waals surface area contributed by atoms with Gasteiger partial charge in [0, 0.05) is 22.4 Å². The van der Waals surface area contributed by atoms with Crippen LogP contribution in [-0.2, 0) is 9.53 Å². The van der Waals surface area contributed by atoms with Gasteiger partial charge in [-0.05, 0) is 34.1 Å². The van der Waals surface area contributed by atoms with E-state index in [9.17, 15) is 4.79 Å². The molecule has 0 fully saturated rings. The van der Waals surface area contributed by atoms with Gasteiger partial charge < -0.3 is 9.47 Å². The average Bonchev–Trinajstić information content (AvgIpc) is 2.89. The van der Waals surface area contributed by atoms with Crippen LogP contribution >= 0.6 is 15.9 Å². The molecule has 6 heteroatoms. The third kappa shape index (κ3) is 2.92. The molecule has 0 saturated heterocycles. The van der Waals surface area contributed by atoms with E-state index in [1.807, 2.05) is 24.3 Å². The molecule has 0 atom stereocenters. The van der Waals surface area contributed by atoms with Gasteiger partial charge in [-0.1, -0.05) is 18.2 Å². The van der Waals surface area contributed by atoms with Crippen LogP contribution in [0.5, 0.6) is 5.75 Å². The molecule has 0 saturated carbocycles. The van der Waals surface area contributed by atoms with Crippen molar-refractivity contribution in [2.75, 3.05) is 7.11 Å². The summed E-state index contributed by atoms with van der Waals surface area (Å²) in [6.07, 6.45) is 4.87. The normalized spacial score (nSPS) is 15.6. The van der Waals surface area contributed by atoms with Crippen LogP contribution < -0.4 is 4.74 Å². The Balaban J connectivity index is 1.98. The molecule has 3 rings (SSSR count). The van der Waals surface area contributed by atoms with Gasteiger partial charge in [0.1, 0.15) is 5.75 Å². The van der Waals surface area contributed by atoms with Gasteiger partial charge in [-0.2, -0.15) is 0 Å². The van der Waals surface area contributed by atoms with Crippen LogP contribution in [0.4, 0.5) is 0 Å². The van der Waals surface area contributed by atoms with E-state index in [2.05, 4.69) is 25.9 Å². The van der Waals surface area contributed by atoms with Crippen LogP contribution in [0.25, 0.3) is 6.08 Å². The highest BCUT2D eigenvalue weighted by Crippen LogP contribution is 2.24. The zero-order valence-electron chi connectivity index (χ0n) is 11.6. The van der Waals surface area contributed by atoms with Crippen molar-refractivity contribution in [3.8, 4) is 5.75 Å². The van der Waals surface area contributed by atoms with E-state index < -0.39 is 5.97 Å². The number of esters is 1. The van der Waals surface area contributed by atoms with Crippen LogP contribution in [-0.4, -0.2) is 24.0 Å². The van der Waals surface area contributed by atoms with Crippen LogP contribution in [0.15, 0.2) is 57.9 Å². The number of carbonyl (C=O) groups is 1. The molecule has 2 heterocycles. The first kappa shape index (κ1) is 14.5. The SMILES string of the molecule is COc1ccccc1C=C1N=C(c2cncc(Br)c2)OC1=O. The number of benzene rings is 1. The van der Waals surface area contributed by atoms with E-state index in [0.717, 1.165) is 10.0 Å². The predicted octanol–water partition coefficient (Wildman–Crippen LogP) is 3.20. The van der Waals surface area contributed by atoms with Crippen molar-refractivity contribution < 1.29 is 14.3 Å². The lowest BCUT2D eigenvalue weighted by Crippen LogP contribution is -2.05. The Hall–Kier alpha value is -2.47. The first-order valence-corrected chi connectivity index (χ1v) is 7.23. The number of aliphatic imine (C=N–C) groups is 1. The number of hydrogen-bond donors (Lipinski definition) is 0. The van der Waals surface area contributed by atoms with Crippen molar-refractivity contribution in [1.82, 2.24) is 4.98 Å². The van der Waals surface area contributed by atoms with Crippen LogP contribution in [0.1, 0.15) is 11.1 Å². The van der Waals surface area contributed by atoms with Gasteiger partial charge in [0.2, 0.25) is 5.90 Å². The van der Waals surface area contributed by atoms with Gasteiger partial charge in [0.15, 0.2) is 5.70 Å². The number of halogens is 1.